The first-order chi connectivity index (χ1) is 13.2. The quantitative estimate of drug-likeness (QED) is 0.732. The highest BCUT2D eigenvalue weighted by atomic mass is 16.7. The molecule has 0 bridgehead atoms. The molecule has 0 amide bonds. The zero-order valence-electron chi connectivity index (χ0n) is 17.3. The van der Waals surface area contributed by atoms with Crippen LogP contribution in [0.5, 0.6) is 0 Å². The number of benzene rings is 2. The van der Waals surface area contributed by atoms with Crippen LogP contribution in [0.25, 0.3) is 12.2 Å². The predicted molar refractivity (Wildman–Crippen MR) is 117 cm³/mol. The van der Waals surface area contributed by atoms with E-state index >= 15 is 0 Å². The topological polar surface area (TPSA) is 38.7 Å². The maximum absolute atomic E-state index is 11.2. The van der Waals surface area contributed by atoms with E-state index in [1.165, 1.54) is 0 Å². The molecule has 0 spiro atoms. The van der Waals surface area contributed by atoms with Gasteiger partial charge in [0.25, 0.3) is 0 Å². The van der Waals surface area contributed by atoms with E-state index < -0.39 is 24.4 Å². The van der Waals surface area contributed by atoms with Gasteiger partial charge in [-0.1, -0.05) is 72.8 Å². The molecule has 3 nitrogen and oxygen atoms in total. The van der Waals surface area contributed by atoms with Crippen molar-refractivity contribution in [1.29, 1.82) is 0 Å². The van der Waals surface area contributed by atoms with Crippen LogP contribution in [0.4, 0.5) is 0 Å². The highest BCUT2D eigenvalue weighted by molar-refractivity contribution is 6.56. The average Bonchev–Trinajstić information content (AvgIpc) is 2.88. The van der Waals surface area contributed by atoms with E-state index in [2.05, 4.69) is 0 Å². The Hall–Kier alpha value is -2.14. The lowest BCUT2D eigenvalue weighted by atomic mass is 9.72. The standard InChI is InChI=1S/C24H29BO3/c1-18(16-19-12-8-6-9-13-19)22(26)21(17-20-14-10-7-11-15-20)25-27-23(2,3)24(4,5)28-25/h6-17,22,26H,1-5H3/b18-16+,21-17-. The summed E-state index contributed by atoms with van der Waals surface area (Å²) in [5, 5.41) is 11.2. The van der Waals surface area contributed by atoms with Gasteiger partial charge in [0.05, 0.1) is 17.3 Å². The van der Waals surface area contributed by atoms with Gasteiger partial charge >= 0.3 is 7.12 Å². The zero-order valence-corrected chi connectivity index (χ0v) is 17.3. The lowest BCUT2D eigenvalue weighted by Crippen LogP contribution is -2.41. The van der Waals surface area contributed by atoms with Crippen LogP contribution in [0.15, 0.2) is 71.7 Å². The maximum atomic E-state index is 11.2. The van der Waals surface area contributed by atoms with Crippen molar-refractivity contribution in [2.75, 3.05) is 0 Å². The molecule has 1 aliphatic heterocycles. The largest absolute Gasteiger partial charge is 0.493 e. The molecule has 4 heteroatoms. The van der Waals surface area contributed by atoms with E-state index in [1.807, 2.05) is 107 Å². The van der Waals surface area contributed by atoms with Crippen molar-refractivity contribution in [3.8, 4) is 0 Å². The van der Waals surface area contributed by atoms with Gasteiger partial charge in [-0.25, -0.2) is 0 Å². The van der Waals surface area contributed by atoms with Crippen LogP contribution >= 0.6 is 0 Å². The minimum atomic E-state index is -0.810. The molecule has 1 aliphatic rings. The second-order valence-corrected chi connectivity index (χ2v) is 8.34. The maximum Gasteiger partial charge on any atom is 0.493 e. The molecule has 2 aromatic carbocycles. The van der Waals surface area contributed by atoms with Crippen LogP contribution in [0.2, 0.25) is 0 Å². The normalized spacial score (nSPS) is 20.3. The average molecular weight is 376 g/mol. The SMILES string of the molecule is C/C(=C\c1ccccc1)C(O)/C(=C/c1ccccc1)B1OC(C)(C)C(C)(C)O1. The van der Waals surface area contributed by atoms with Crippen LogP contribution in [-0.4, -0.2) is 29.5 Å². The highest BCUT2D eigenvalue weighted by Crippen LogP contribution is 2.40. The minimum absolute atomic E-state index is 0.468. The molecule has 28 heavy (non-hydrogen) atoms. The Balaban J connectivity index is 1.97. The van der Waals surface area contributed by atoms with Gasteiger partial charge in [0.15, 0.2) is 0 Å². The molecule has 1 saturated heterocycles. The summed E-state index contributed by atoms with van der Waals surface area (Å²) in [6.07, 6.45) is 3.15. The van der Waals surface area contributed by atoms with Gasteiger partial charge in [-0.05, 0) is 56.8 Å². The Bertz CT molecular complexity index is 838. The van der Waals surface area contributed by atoms with Gasteiger partial charge in [-0.2, -0.15) is 0 Å². The number of rotatable bonds is 5. The number of hydrogen-bond acceptors (Lipinski definition) is 3. The Morgan fingerprint density at radius 3 is 1.71 bits per heavy atom. The molecule has 0 saturated carbocycles. The van der Waals surface area contributed by atoms with Crippen molar-refractivity contribution >= 4 is 19.3 Å². The highest BCUT2D eigenvalue weighted by Gasteiger charge is 2.53. The van der Waals surface area contributed by atoms with Gasteiger partial charge in [-0.15, -0.1) is 0 Å². The summed E-state index contributed by atoms with van der Waals surface area (Å²) in [5.74, 6) is 0. The third-order valence-corrected chi connectivity index (χ3v) is 5.60. The molecule has 0 aromatic heterocycles. The van der Waals surface area contributed by atoms with E-state index in [9.17, 15) is 5.11 Å². The third kappa shape index (κ3) is 4.46. The smallest absolute Gasteiger partial charge is 0.399 e. The molecule has 2 aromatic rings. The summed E-state index contributed by atoms with van der Waals surface area (Å²) in [5.41, 5.74) is 2.65. The molecule has 146 valence electrons. The Kier molecular flexibility index (Phi) is 5.94. The molecule has 1 N–H and O–H groups in total. The molecule has 1 unspecified atom stereocenters. The zero-order chi connectivity index (χ0) is 20.4. The number of hydrogen-bond donors (Lipinski definition) is 1. The van der Waals surface area contributed by atoms with Gasteiger partial charge in [0, 0.05) is 0 Å². The molecular weight excluding hydrogens is 347 g/mol. The molecule has 0 radical (unpaired) electrons. The Labute approximate surface area is 168 Å². The first-order valence-electron chi connectivity index (χ1n) is 9.73. The van der Waals surface area contributed by atoms with Crippen molar-refractivity contribution in [3.63, 3.8) is 0 Å². The van der Waals surface area contributed by atoms with Crippen molar-refractivity contribution in [1.82, 2.24) is 0 Å². The molecular formula is C24H29BO3. The second kappa shape index (κ2) is 8.08. The fraction of sp³-hybridized carbons (Fsp3) is 0.333. The van der Waals surface area contributed by atoms with Crippen molar-refractivity contribution in [2.45, 2.75) is 51.9 Å². The summed E-state index contributed by atoms with van der Waals surface area (Å²) in [6.45, 7) is 10.0. The number of aliphatic hydroxyl groups excluding tert-OH is 1. The first-order valence-corrected chi connectivity index (χ1v) is 9.73. The monoisotopic (exact) mass is 376 g/mol. The summed E-state index contributed by atoms with van der Waals surface area (Å²) in [7, 11) is -0.612. The van der Waals surface area contributed by atoms with E-state index in [4.69, 9.17) is 9.31 Å². The van der Waals surface area contributed by atoms with Crippen molar-refractivity contribution in [3.05, 3.63) is 82.8 Å². The van der Waals surface area contributed by atoms with Gasteiger partial charge < -0.3 is 14.4 Å². The lowest BCUT2D eigenvalue weighted by Gasteiger charge is -2.32. The molecule has 1 atom stereocenters. The van der Waals surface area contributed by atoms with Crippen LogP contribution in [0.3, 0.4) is 0 Å². The fourth-order valence-electron chi connectivity index (χ4n) is 3.15. The third-order valence-electron chi connectivity index (χ3n) is 5.60. The summed E-state index contributed by atoms with van der Waals surface area (Å²) >= 11 is 0. The van der Waals surface area contributed by atoms with Crippen molar-refractivity contribution in [2.24, 2.45) is 0 Å². The molecule has 0 aliphatic carbocycles. The summed E-state index contributed by atoms with van der Waals surface area (Å²) in [6, 6.07) is 19.9. The predicted octanol–water partition coefficient (Wildman–Crippen LogP) is 5.17. The fourth-order valence-corrected chi connectivity index (χ4v) is 3.15. The number of aliphatic hydroxyl groups is 1. The minimum Gasteiger partial charge on any atom is -0.399 e. The first kappa shape index (κ1) is 20.6. The van der Waals surface area contributed by atoms with E-state index in [0.29, 0.717) is 5.47 Å². The Morgan fingerprint density at radius 1 is 0.821 bits per heavy atom. The lowest BCUT2D eigenvalue weighted by molar-refractivity contribution is 0.00578. The molecule has 3 rings (SSSR count). The summed E-state index contributed by atoms with van der Waals surface area (Å²) < 4.78 is 12.5. The van der Waals surface area contributed by atoms with Crippen LogP contribution in [-0.2, 0) is 9.31 Å². The van der Waals surface area contributed by atoms with E-state index in [1.54, 1.807) is 0 Å². The van der Waals surface area contributed by atoms with Gasteiger partial charge in [-0.3, -0.25) is 0 Å². The van der Waals surface area contributed by atoms with Crippen molar-refractivity contribution < 1.29 is 14.4 Å². The van der Waals surface area contributed by atoms with Crippen LogP contribution in [0.1, 0.15) is 45.7 Å². The van der Waals surface area contributed by atoms with Crippen LogP contribution in [0, 0.1) is 0 Å². The molecule has 1 heterocycles. The van der Waals surface area contributed by atoms with Crippen LogP contribution < -0.4 is 0 Å². The van der Waals surface area contributed by atoms with Gasteiger partial charge in [0.1, 0.15) is 0 Å². The molecule has 1 fully saturated rings. The van der Waals surface area contributed by atoms with Gasteiger partial charge in [0.2, 0.25) is 0 Å². The summed E-state index contributed by atoms with van der Waals surface area (Å²) in [4.78, 5) is 0. The Morgan fingerprint density at radius 2 is 1.25 bits per heavy atom. The van der Waals surface area contributed by atoms with E-state index in [0.717, 1.165) is 16.7 Å². The van der Waals surface area contributed by atoms with E-state index in [-0.39, 0.29) is 0 Å². The second-order valence-electron chi connectivity index (χ2n) is 8.34.